The summed E-state index contributed by atoms with van der Waals surface area (Å²) < 4.78 is 13.6. The Balaban J connectivity index is 1.96. The van der Waals surface area contributed by atoms with Gasteiger partial charge in [0.15, 0.2) is 0 Å². The quantitative estimate of drug-likeness (QED) is 0.756. The molecular formula is C14H16BrFN2O3. The van der Waals surface area contributed by atoms with Gasteiger partial charge in [-0.15, -0.1) is 0 Å². The van der Waals surface area contributed by atoms with Crippen LogP contribution >= 0.6 is 15.9 Å². The number of urea groups is 1. The maximum absolute atomic E-state index is 13.3. The zero-order chi connectivity index (χ0) is 15.6. The number of halogens is 2. The molecule has 1 aromatic rings. The summed E-state index contributed by atoms with van der Waals surface area (Å²) in [5, 5.41) is 14.3. The van der Waals surface area contributed by atoms with Gasteiger partial charge in [0.05, 0.1) is 4.47 Å². The molecule has 0 radical (unpaired) electrons. The third-order valence-corrected chi connectivity index (χ3v) is 4.57. The highest BCUT2D eigenvalue weighted by Crippen LogP contribution is 2.39. The SMILES string of the molecule is CC(NC(=O)NCc1cccc(F)c1Br)(C(=O)O)C1CC1. The summed E-state index contributed by atoms with van der Waals surface area (Å²) in [6, 6.07) is 3.94. The Hall–Kier alpha value is -1.63. The number of hydrogen-bond donors (Lipinski definition) is 3. The Morgan fingerprint density at radius 1 is 1.48 bits per heavy atom. The first kappa shape index (κ1) is 15.8. The van der Waals surface area contributed by atoms with Crippen LogP contribution in [0.1, 0.15) is 25.3 Å². The standard InChI is InChI=1S/C14H16BrFN2O3/c1-14(12(19)20,9-5-6-9)18-13(21)17-7-8-3-2-4-10(16)11(8)15/h2-4,9H,5-7H2,1H3,(H,19,20)(H2,17,18,21). The Morgan fingerprint density at radius 3 is 2.71 bits per heavy atom. The van der Waals surface area contributed by atoms with E-state index in [0.29, 0.717) is 5.56 Å². The fourth-order valence-electron chi connectivity index (χ4n) is 2.13. The minimum absolute atomic E-state index is 0.0401. The van der Waals surface area contributed by atoms with Gasteiger partial charge in [-0.05, 0) is 53.2 Å². The molecule has 2 amide bonds. The van der Waals surface area contributed by atoms with E-state index in [0.717, 1.165) is 12.8 Å². The monoisotopic (exact) mass is 358 g/mol. The van der Waals surface area contributed by atoms with E-state index in [4.69, 9.17) is 0 Å². The van der Waals surface area contributed by atoms with Crippen molar-refractivity contribution in [2.45, 2.75) is 31.8 Å². The first-order valence-corrected chi connectivity index (χ1v) is 7.36. The van der Waals surface area contributed by atoms with Crippen LogP contribution in [0.15, 0.2) is 22.7 Å². The van der Waals surface area contributed by atoms with E-state index >= 15 is 0 Å². The zero-order valence-electron chi connectivity index (χ0n) is 11.5. The summed E-state index contributed by atoms with van der Waals surface area (Å²) in [7, 11) is 0. The molecule has 1 aliphatic carbocycles. The lowest BCUT2D eigenvalue weighted by atomic mass is 9.96. The van der Waals surface area contributed by atoms with Crippen molar-refractivity contribution in [1.29, 1.82) is 0 Å². The van der Waals surface area contributed by atoms with Gasteiger partial charge in [0.2, 0.25) is 0 Å². The highest BCUT2D eigenvalue weighted by atomic mass is 79.9. The fourth-order valence-corrected chi connectivity index (χ4v) is 2.54. The van der Waals surface area contributed by atoms with Crippen molar-refractivity contribution in [2.24, 2.45) is 5.92 Å². The lowest BCUT2D eigenvalue weighted by Crippen LogP contribution is -2.56. The maximum Gasteiger partial charge on any atom is 0.329 e. The largest absolute Gasteiger partial charge is 0.480 e. The molecule has 3 N–H and O–H groups in total. The number of nitrogens with one attached hydrogen (secondary N) is 2. The van der Waals surface area contributed by atoms with E-state index in [-0.39, 0.29) is 16.9 Å². The Morgan fingerprint density at radius 2 is 2.14 bits per heavy atom. The average molecular weight is 359 g/mol. The van der Waals surface area contributed by atoms with Crippen molar-refractivity contribution in [3.8, 4) is 0 Å². The summed E-state index contributed by atoms with van der Waals surface area (Å²) >= 11 is 3.11. The van der Waals surface area contributed by atoms with Gasteiger partial charge in [0.1, 0.15) is 11.4 Å². The Bertz CT molecular complexity index is 577. The van der Waals surface area contributed by atoms with Crippen LogP contribution in [0.4, 0.5) is 9.18 Å². The van der Waals surface area contributed by atoms with Gasteiger partial charge in [-0.2, -0.15) is 0 Å². The van der Waals surface area contributed by atoms with Gasteiger partial charge >= 0.3 is 12.0 Å². The molecule has 1 aromatic carbocycles. The Kier molecular flexibility index (Phi) is 4.51. The number of amides is 2. The second-order valence-corrected chi connectivity index (χ2v) is 6.10. The number of carbonyl (C=O) groups excluding carboxylic acids is 1. The molecule has 0 spiro atoms. The zero-order valence-corrected chi connectivity index (χ0v) is 13.0. The van der Waals surface area contributed by atoms with E-state index in [1.807, 2.05) is 0 Å². The number of carboxylic acid groups (broad SMARTS) is 1. The maximum atomic E-state index is 13.3. The number of carboxylic acids is 1. The van der Waals surface area contributed by atoms with E-state index < -0.39 is 23.4 Å². The molecule has 1 atom stereocenters. The van der Waals surface area contributed by atoms with E-state index in [2.05, 4.69) is 26.6 Å². The molecule has 7 heteroatoms. The van der Waals surface area contributed by atoms with Crippen LogP contribution in [-0.2, 0) is 11.3 Å². The summed E-state index contributed by atoms with van der Waals surface area (Å²) in [4.78, 5) is 23.2. The molecule has 5 nitrogen and oxygen atoms in total. The smallest absolute Gasteiger partial charge is 0.329 e. The molecule has 0 aromatic heterocycles. The van der Waals surface area contributed by atoms with Crippen molar-refractivity contribution < 1.29 is 19.1 Å². The van der Waals surface area contributed by atoms with Gasteiger partial charge in [0, 0.05) is 6.54 Å². The molecule has 0 aliphatic heterocycles. The van der Waals surface area contributed by atoms with Crippen molar-refractivity contribution in [1.82, 2.24) is 10.6 Å². The van der Waals surface area contributed by atoms with Gasteiger partial charge in [-0.1, -0.05) is 12.1 Å². The molecule has 0 heterocycles. The lowest BCUT2D eigenvalue weighted by molar-refractivity contribution is -0.144. The first-order valence-electron chi connectivity index (χ1n) is 6.57. The van der Waals surface area contributed by atoms with Crippen LogP contribution in [0.5, 0.6) is 0 Å². The average Bonchev–Trinajstić information content (AvgIpc) is 3.25. The molecule has 1 aliphatic rings. The van der Waals surface area contributed by atoms with Crippen LogP contribution < -0.4 is 10.6 Å². The van der Waals surface area contributed by atoms with E-state index in [1.165, 1.54) is 13.0 Å². The van der Waals surface area contributed by atoms with Crippen molar-refractivity contribution in [3.63, 3.8) is 0 Å². The number of aliphatic carboxylic acids is 1. The lowest BCUT2D eigenvalue weighted by Gasteiger charge is -2.26. The van der Waals surface area contributed by atoms with Crippen LogP contribution in [0.2, 0.25) is 0 Å². The molecule has 21 heavy (non-hydrogen) atoms. The first-order chi connectivity index (χ1) is 9.84. The van der Waals surface area contributed by atoms with Crippen molar-refractivity contribution in [3.05, 3.63) is 34.1 Å². The Labute approximate surface area is 130 Å². The molecule has 0 saturated heterocycles. The van der Waals surface area contributed by atoms with Gasteiger partial charge < -0.3 is 15.7 Å². The number of benzene rings is 1. The molecule has 1 unspecified atom stereocenters. The summed E-state index contributed by atoms with van der Waals surface area (Å²) in [6.45, 7) is 1.61. The third kappa shape index (κ3) is 3.53. The van der Waals surface area contributed by atoms with Crippen molar-refractivity contribution in [2.75, 3.05) is 0 Å². The molecule has 114 valence electrons. The highest BCUT2D eigenvalue weighted by molar-refractivity contribution is 9.10. The van der Waals surface area contributed by atoms with E-state index in [9.17, 15) is 19.1 Å². The fraction of sp³-hybridized carbons (Fsp3) is 0.429. The summed E-state index contributed by atoms with van der Waals surface area (Å²) in [6.07, 6.45) is 1.58. The van der Waals surface area contributed by atoms with Crippen LogP contribution in [-0.4, -0.2) is 22.6 Å². The summed E-state index contributed by atoms with van der Waals surface area (Å²) in [5.41, 5.74) is -0.683. The molecule has 0 bridgehead atoms. The van der Waals surface area contributed by atoms with Crippen molar-refractivity contribution >= 4 is 27.9 Å². The molecule has 1 fully saturated rings. The number of hydrogen-bond acceptors (Lipinski definition) is 2. The van der Waals surface area contributed by atoms with E-state index in [1.54, 1.807) is 12.1 Å². The number of rotatable bonds is 5. The van der Waals surface area contributed by atoms with Gasteiger partial charge in [0.25, 0.3) is 0 Å². The van der Waals surface area contributed by atoms with Crippen LogP contribution in [0.3, 0.4) is 0 Å². The third-order valence-electron chi connectivity index (χ3n) is 3.68. The van der Waals surface area contributed by atoms with Gasteiger partial charge in [-0.3, -0.25) is 0 Å². The number of carbonyl (C=O) groups is 2. The minimum atomic E-state index is -1.26. The minimum Gasteiger partial charge on any atom is -0.480 e. The second-order valence-electron chi connectivity index (χ2n) is 5.30. The topological polar surface area (TPSA) is 78.4 Å². The predicted octanol–water partition coefficient (Wildman–Crippen LogP) is 2.64. The van der Waals surface area contributed by atoms with Gasteiger partial charge in [-0.25, -0.2) is 14.0 Å². The molecular weight excluding hydrogens is 343 g/mol. The molecule has 1 saturated carbocycles. The van der Waals surface area contributed by atoms with Crippen LogP contribution in [0.25, 0.3) is 0 Å². The summed E-state index contributed by atoms with van der Waals surface area (Å²) in [5.74, 6) is -1.50. The van der Waals surface area contributed by atoms with Crippen LogP contribution in [0, 0.1) is 11.7 Å². The normalized spacial score (nSPS) is 16.9. The highest BCUT2D eigenvalue weighted by Gasteiger charge is 2.48. The predicted molar refractivity (Wildman–Crippen MR) is 78.2 cm³/mol. The second kappa shape index (κ2) is 6.01. The molecule has 2 rings (SSSR count).